The van der Waals surface area contributed by atoms with Gasteiger partial charge in [-0.2, -0.15) is 0 Å². The van der Waals surface area contributed by atoms with Crippen LogP contribution in [0.1, 0.15) is 27.7 Å². The van der Waals surface area contributed by atoms with Gasteiger partial charge in [0.05, 0.1) is 6.10 Å². The van der Waals surface area contributed by atoms with Crippen molar-refractivity contribution in [2.45, 2.75) is 33.8 Å². The zero-order valence-corrected chi connectivity index (χ0v) is 10.0. The van der Waals surface area contributed by atoms with Crippen LogP contribution in [0.25, 0.3) is 0 Å². The molecule has 0 fully saturated rings. The summed E-state index contributed by atoms with van der Waals surface area (Å²) in [5, 5.41) is 16.0. The van der Waals surface area contributed by atoms with Crippen LogP contribution in [0.2, 0.25) is 0 Å². The minimum absolute atomic E-state index is 0.271. The van der Waals surface area contributed by atoms with Crippen molar-refractivity contribution in [3.63, 3.8) is 0 Å². The SMILES string of the molecule is CC(C)CNCC(O)CNCC(C)C. The van der Waals surface area contributed by atoms with E-state index < -0.39 is 0 Å². The topological polar surface area (TPSA) is 44.3 Å². The van der Waals surface area contributed by atoms with Crippen molar-refractivity contribution in [2.75, 3.05) is 26.2 Å². The monoisotopic (exact) mass is 202 g/mol. The number of aliphatic hydroxyl groups is 1. The highest BCUT2D eigenvalue weighted by atomic mass is 16.3. The lowest BCUT2D eigenvalue weighted by Crippen LogP contribution is -2.37. The molecule has 0 heterocycles. The first-order valence-electron chi connectivity index (χ1n) is 5.61. The number of nitrogens with one attached hydrogen (secondary N) is 2. The van der Waals surface area contributed by atoms with Crippen LogP contribution in [0, 0.1) is 11.8 Å². The molecule has 14 heavy (non-hydrogen) atoms. The summed E-state index contributed by atoms with van der Waals surface area (Å²) in [6.07, 6.45) is -0.271. The fraction of sp³-hybridized carbons (Fsp3) is 1.00. The van der Waals surface area contributed by atoms with E-state index in [1.807, 2.05) is 0 Å². The zero-order chi connectivity index (χ0) is 11.0. The molecule has 0 aliphatic heterocycles. The molecule has 0 aromatic heterocycles. The Bertz CT molecular complexity index is 112. The van der Waals surface area contributed by atoms with Gasteiger partial charge in [0.2, 0.25) is 0 Å². The fourth-order valence-corrected chi connectivity index (χ4v) is 1.15. The minimum Gasteiger partial charge on any atom is -0.390 e. The van der Waals surface area contributed by atoms with Crippen molar-refractivity contribution in [2.24, 2.45) is 11.8 Å². The first-order chi connectivity index (χ1) is 6.52. The molecule has 0 atom stereocenters. The van der Waals surface area contributed by atoms with Crippen LogP contribution in [0.5, 0.6) is 0 Å². The van der Waals surface area contributed by atoms with Gasteiger partial charge in [-0.1, -0.05) is 27.7 Å². The predicted octanol–water partition coefficient (Wildman–Crippen LogP) is 0.838. The standard InChI is InChI=1S/C11H26N2O/c1-9(2)5-12-7-11(14)8-13-6-10(3)4/h9-14H,5-8H2,1-4H3. The Morgan fingerprint density at radius 1 is 0.786 bits per heavy atom. The van der Waals surface area contributed by atoms with Crippen LogP contribution < -0.4 is 10.6 Å². The smallest absolute Gasteiger partial charge is 0.0788 e. The average Bonchev–Trinajstić information content (AvgIpc) is 2.02. The Kier molecular flexibility index (Phi) is 8.14. The van der Waals surface area contributed by atoms with Gasteiger partial charge in [-0.25, -0.2) is 0 Å². The van der Waals surface area contributed by atoms with Gasteiger partial charge in [-0.05, 0) is 24.9 Å². The van der Waals surface area contributed by atoms with E-state index in [-0.39, 0.29) is 6.10 Å². The van der Waals surface area contributed by atoms with E-state index in [4.69, 9.17) is 0 Å². The van der Waals surface area contributed by atoms with Crippen molar-refractivity contribution >= 4 is 0 Å². The highest BCUT2D eigenvalue weighted by Gasteiger charge is 2.03. The van der Waals surface area contributed by atoms with Gasteiger partial charge in [0.15, 0.2) is 0 Å². The second-order valence-electron chi connectivity index (χ2n) is 4.76. The summed E-state index contributed by atoms with van der Waals surface area (Å²) in [6.45, 7) is 12.0. The van der Waals surface area contributed by atoms with Crippen LogP contribution in [-0.2, 0) is 0 Å². The van der Waals surface area contributed by atoms with Gasteiger partial charge < -0.3 is 15.7 Å². The average molecular weight is 202 g/mol. The minimum atomic E-state index is -0.271. The normalized spacial score (nSPS) is 12.0. The van der Waals surface area contributed by atoms with Gasteiger partial charge in [-0.15, -0.1) is 0 Å². The molecule has 3 heteroatoms. The lowest BCUT2D eigenvalue weighted by molar-refractivity contribution is 0.166. The summed E-state index contributed by atoms with van der Waals surface area (Å²) in [7, 11) is 0. The second-order valence-corrected chi connectivity index (χ2v) is 4.76. The molecule has 0 aromatic rings. The molecule has 3 N–H and O–H groups in total. The molecule has 0 radical (unpaired) electrons. The van der Waals surface area contributed by atoms with Crippen molar-refractivity contribution in [1.82, 2.24) is 10.6 Å². The molecule has 86 valence electrons. The predicted molar refractivity (Wildman–Crippen MR) is 61.4 cm³/mol. The van der Waals surface area contributed by atoms with Gasteiger partial charge in [0.25, 0.3) is 0 Å². The third-order valence-corrected chi connectivity index (χ3v) is 1.87. The maximum Gasteiger partial charge on any atom is 0.0788 e. The summed E-state index contributed by atoms with van der Waals surface area (Å²) in [5.41, 5.74) is 0. The Morgan fingerprint density at radius 2 is 1.14 bits per heavy atom. The van der Waals surface area contributed by atoms with Gasteiger partial charge in [0.1, 0.15) is 0 Å². The molecular weight excluding hydrogens is 176 g/mol. The molecule has 3 nitrogen and oxygen atoms in total. The summed E-state index contributed by atoms with van der Waals surface area (Å²) in [5.74, 6) is 1.29. The van der Waals surface area contributed by atoms with Gasteiger partial charge in [-0.3, -0.25) is 0 Å². The lowest BCUT2D eigenvalue weighted by Gasteiger charge is -2.14. The molecular formula is C11H26N2O. The Morgan fingerprint density at radius 3 is 1.43 bits per heavy atom. The first-order valence-corrected chi connectivity index (χ1v) is 5.61. The highest BCUT2D eigenvalue weighted by Crippen LogP contribution is 1.89. The molecule has 0 aromatic carbocycles. The Labute approximate surface area is 88.3 Å². The Balaban J connectivity index is 3.23. The second kappa shape index (κ2) is 8.21. The third kappa shape index (κ3) is 9.96. The van der Waals surface area contributed by atoms with E-state index in [0.717, 1.165) is 13.1 Å². The maximum absolute atomic E-state index is 9.55. The first kappa shape index (κ1) is 13.9. The van der Waals surface area contributed by atoms with Gasteiger partial charge >= 0.3 is 0 Å². The van der Waals surface area contributed by atoms with Gasteiger partial charge in [0, 0.05) is 13.1 Å². The fourth-order valence-electron chi connectivity index (χ4n) is 1.15. The van der Waals surface area contributed by atoms with E-state index >= 15 is 0 Å². The van der Waals surface area contributed by atoms with Crippen molar-refractivity contribution in [3.8, 4) is 0 Å². The zero-order valence-electron chi connectivity index (χ0n) is 10.0. The molecule has 0 saturated carbocycles. The summed E-state index contributed by atoms with van der Waals surface area (Å²) in [4.78, 5) is 0. The molecule has 0 saturated heterocycles. The molecule has 0 unspecified atom stereocenters. The van der Waals surface area contributed by atoms with Crippen LogP contribution >= 0.6 is 0 Å². The molecule has 0 aliphatic rings. The van der Waals surface area contributed by atoms with E-state index in [9.17, 15) is 5.11 Å². The number of rotatable bonds is 8. The van der Waals surface area contributed by atoms with Crippen LogP contribution in [-0.4, -0.2) is 37.4 Å². The van der Waals surface area contributed by atoms with E-state index in [2.05, 4.69) is 38.3 Å². The highest BCUT2D eigenvalue weighted by molar-refractivity contribution is 4.64. The van der Waals surface area contributed by atoms with E-state index in [1.165, 1.54) is 0 Å². The molecule has 0 aliphatic carbocycles. The van der Waals surface area contributed by atoms with Crippen molar-refractivity contribution in [3.05, 3.63) is 0 Å². The molecule has 0 bridgehead atoms. The molecule has 0 amide bonds. The maximum atomic E-state index is 9.55. The number of hydrogen-bond acceptors (Lipinski definition) is 3. The number of hydrogen-bond donors (Lipinski definition) is 3. The van der Waals surface area contributed by atoms with Crippen molar-refractivity contribution < 1.29 is 5.11 Å². The number of aliphatic hydroxyl groups excluding tert-OH is 1. The van der Waals surface area contributed by atoms with Crippen LogP contribution in [0.4, 0.5) is 0 Å². The van der Waals surface area contributed by atoms with Crippen LogP contribution in [0.15, 0.2) is 0 Å². The molecule has 0 spiro atoms. The summed E-state index contributed by atoms with van der Waals surface area (Å²) >= 11 is 0. The molecule has 0 rings (SSSR count). The third-order valence-electron chi connectivity index (χ3n) is 1.87. The largest absolute Gasteiger partial charge is 0.390 e. The van der Waals surface area contributed by atoms with E-state index in [0.29, 0.717) is 24.9 Å². The Hall–Kier alpha value is -0.120. The van der Waals surface area contributed by atoms with E-state index in [1.54, 1.807) is 0 Å². The van der Waals surface area contributed by atoms with Crippen LogP contribution in [0.3, 0.4) is 0 Å². The van der Waals surface area contributed by atoms with Crippen molar-refractivity contribution in [1.29, 1.82) is 0 Å². The summed E-state index contributed by atoms with van der Waals surface area (Å²) in [6, 6.07) is 0. The quantitative estimate of drug-likeness (QED) is 0.546. The summed E-state index contributed by atoms with van der Waals surface area (Å²) < 4.78 is 0. The lowest BCUT2D eigenvalue weighted by atomic mass is 10.2.